The van der Waals surface area contributed by atoms with Crippen LogP contribution in [0.2, 0.25) is 5.02 Å². The fraction of sp³-hybridized carbons (Fsp3) is 0.500. The summed E-state index contributed by atoms with van der Waals surface area (Å²) in [5.74, 6) is -0.106. The number of phenolic OH excluding ortho intramolecular Hbond substituents is 1. The lowest BCUT2D eigenvalue weighted by atomic mass is 9.96. The lowest BCUT2D eigenvalue weighted by Gasteiger charge is -2.38. The van der Waals surface area contributed by atoms with Gasteiger partial charge in [-0.2, -0.15) is 0 Å². The number of nitrogens with two attached hydrogens (primary N) is 1. The van der Waals surface area contributed by atoms with E-state index in [2.05, 4.69) is 0 Å². The van der Waals surface area contributed by atoms with Gasteiger partial charge in [-0.3, -0.25) is 4.79 Å². The molecule has 0 bridgehead atoms. The highest BCUT2D eigenvalue weighted by molar-refractivity contribution is 6.33. The lowest BCUT2D eigenvalue weighted by molar-refractivity contribution is 0.0583. The molecule has 1 amide bonds. The van der Waals surface area contributed by atoms with E-state index in [0.717, 1.165) is 19.3 Å². The van der Waals surface area contributed by atoms with Crippen molar-refractivity contribution in [2.45, 2.75) is 38.3 Å². The molecule has 1 heterocycles. The molecule has 1 saturated heterocycles. The third-order valence-electron chi connectivity index (χ3n) is 3.60. The molecule has 2 atom stereocenters. The number of halogens is 1. The van der Waals surface area contributed by atoms with Crippen LogP contribution in [0.1, 0.15) is 36.5 Å². The van der Waals surface area contributed by atoms with Gasteiger partial charge in [-0.05, 0) is 44.4 Å². The third-order valence-corrected chi connectivity index (χ3v) is 3.93. The van der Waals surface area contributed by atoms with Gasteiger partial charge in [0.25, 0.3) is 5.91 Å². The first kappa shape index (κ1) is 14.2. The van der Waals surface area contributed by atoms with Crippen LogP contribution in [0.3, 0.4) is 0 Å². The Morgan fingerprint density at radius 2 is 2.26 bits per heavy atom. The number of benzene rings is 1. The topological polar surface area (TPSA) is 66.6 Å². The van der Waals surface area contributed by atoms with Crippen molar-refractivity contribution in [1.29, 1.82) is 0 Å². The molecule has 1 aromatic carbocycles. The molecule has 0 spiro atoms. The van der Waals surface area contributed by atoms with Gasteiger partial charge in [0.05, 0.1) is 10.6 Å². The Hall–Kier alpha value is -1.26. The van der Waals surface area contributed by atoms with Gasteiger partial charge in [0.15, 0.2) is 0 Å². The highest BCUT2D eigenvalue weighted by atomic mass is 35.5. The summed E-state index contributed by atoms with van der Waals surface area (Å²) in [7, 11) is 0. The molecule has 0 radical (unpaired) electrons. The number of hydrogen-bond donors (Lipinski definition) is 2. The van der Waals surface area contributed by atoms with Gasteiger partial charge >= 0.3 is 0 Å². The van der Waals surface area contributed by atoms with Gasteiger partial charge in [0.1, 0.15) is 5.75 Å². The fourth-order valence-corrected chi connectivity index (χ4v) is 2.79. The van der Waals surface area contributed by atoms with Gasteiger partial charge in [-0.15, -0.1) is 0 Å². The monoisotopic (exact) mass is 282 g/mol. The Morgan fingerprint density at radius 3 is 2.95 bits per heavy atom. The maximum atomic E-state index is 12.6. The molecule has 104 valence electrons. The largest absolute Gasteiger partial charge is 0.508 e. The standard InChI is InChI=1S/C14H19ClN2O2/c1-9(16)13-4-2-3-7-17(13)14(19)11-8-10(18)5-6-12(11)15/h5-6,8-9,13,18H,2-4,7,16H2,1H3. The summed E-state index contributed by atoms with van der Waals surface area (Å²) in [6.07, 6.45) is 2.98. The summed E-state index contributed by atoms with van der Waals surface area (Å²) in [6.45, 7) is 2.61. The molecule has 4 nitrogen and oxygen atoms in total. The average molecular weight is 283 g/mol. The van der Waals surface area contributed by atoms with Crippen molar-refractivity contribution in [3.8, 4) is 5.75 Å². The van der Waals surface area contributed by atoms with E-state index in [0.29, 0.717) is 17.1 Å². The van der Waals surface area contributed by atoms with Crippen LogP contribution in [-0.4, -0.2) is 34.5 Å². The summed E-state index contributed by atoms with van der Waals surface area (Å²) in [5.41, 5.74) is 6.31. The molecule has 1 aromatic rings. The number of piperidine rings is 1. The van der Waals surface area contributed by atoms with Crippen molar-refractivity contribution in [3.63, 3.8) is 0 Å². The third kappa shape index (κ3) is 3.01. The minimum absolute atomic E-state index is 0.0414. The van der Waals surface area contributed by atoms with Crippen LogP contribution < -0.4 is 5.73 Å². The predicted octanol–water partition coefficient (Wildman–Crippen LogP) is 2.39. The Balaban J connectivity index is 2.28. The Kier molecular flexibility index (Phi) is 4.32. The van der Waals surface area contributed by atoms with Crippen LogP contribution in [0.5, 0.6) is 5.75 Å². The van der Waals surface area contributed by atoms with Gasteiger partial charge in [-0.25, -0.2) is 0 Å². The predicted molar refractivity (Wildman–Crippen MR) is 75.4 cm³/mol. The summed E-state index contributed by atoms with van der Waals surface area (Å²) in [6, 6.07) is 4.39. The number of likely N-dealkylation sites (tertiary alicyclic amines) is 1. The molecule has 5 heteroatoms. The molecule has 2 rings (SSSR count). The maximum Gasteiger partial charge on any atom is 0.255 e. The zero-order chi connectivity index (χ0) is 14.0. The van der Waals surface area contributed by atoms with E-state index < -0.39 is 0 Å². The molecule has 0 aromatic heterocycles. The van der Waals surface area contributed by atoms with Gasteiger partial charge < -0.3 is 15.7 Å². The number of nitrogens with zero attached hydrogens (tertiary/aromatic N) is 1. The Labute approximate surface area is 118 Å². The number of hydrogen-bond acceptors (Lipinski definition) is 3. The number of carbonyl (C=O) groups excluding carboxylic acids is 1. The van der Waals surface area contributed by atoms with E-state index in [4.69, 9.17) is 17.3 Å². The summed E-state index contributed by atoms with van der Waals surface area (Å²) < 4.78 is 0. The average Bonchev–Trinajstić information content (AvgIpc) is 2.40. The minimum Gasteiger partial charge on any atom is -0.508 e. The molecule has 0 saturated carbocycles. The van der Waals surface area contributed by atoms with Crippen molar-refractivity contribution >= 4 is 17.5 Å². The molecule has 19 heavy (non-hydrogen) atoms. The van der Waals surface area contributed by atoms with Crippen LogP contribution in [-0.2, 0) is 0 Å². The van der Waals surface area contributed by atoms with Crippen LogP contribution in [0.4, 0.5) is 0 Å². The van der Waals surface area contributed by atoms with Crippen molar-refractivity contribution in [2.24, 2.45) is 5.73 Å². The number of carbonyl (C=O) groups is 1. The van der Waals surface area contributed by atoms with E-state index in [1.165, 1.54) is 18.2 Å². The second kappa shape index (κ2) is 5.80. The maximum absolute atomic E-state index is 12.6. The van der Waals surface area contributed by atoms with E-state index >= 15 is 0 Å². The van der Waals surface area contributed by atoms with Crippen LogP contribution >= 0.6 is 11.6 Å². The molecule has 2 unspecified atom stereocenters. The van der Waals surface area contributed by atoms with Crippen LogP contribution in [0, 0.1) is 0 Å². The second-order valence-electron chi connectivity index (χ2n) is 5.08. The normalized spacial score (nSPS) is 21.2. The van der Waals surface area contributed by atoms with E-state index in [9.17, 15) is 9.90 Å². The fourth-order valence-electron chi connectivity index (χ4n) is 2.59. The number of rotatable bonds is 2. The highest BCUT2D eigenvalue weighted by Gasteiger charge is 2.30. The summed E-state index contributed by atoms with van der Waals surface area (Å²) in [4.78, 5) is 14.3. The molecule has 0 aliphatic carbocycles. The Bertz CT molecular complexity index is 477. The molecule has 1 fully saturated rings. The van der Waals surface area contributed by atoms with Crippen molar-refractivity contribution < 1.29 is 9.90 Å². The van der Waals surface area contributed by atoms with E-state index in [1.807, 2.05) is 6.92 Å². The summed E-state index contributed by atoms with van der Waals surface area (Å²) in [5, 5.41) is 9.86. The number of amides is 1. The van der Waals surface area contributed by atoms with Gasteiger partial charge in [-0.1, -0.05) is 11.6 Å². The highest BCUT2D eigenvalue weighted by Crippen LogP contribution is 2.26. The molecular weight excluding hydrogens is 264 g/mol. The van der Waals surface area contributed by atoms with Crippen LogP contribution in [0.25, 0.3) is 0 Å². The minimum atomic E-state index is -0.150. The van der Waals surface area contributed by atoms with Gasteiger partial charge in [0, 0.05) is 18.6 Å². The zero-order valence-corrected chi connectivity index (χ0v) is 11.7. The first-order valence-corrected chi connectivity index (χ1v) is 6.93. The van der Waals surface area contributed by atoms with E-state index in [1.54, 1.807) is 4.90 Å². The van der Waals surface area contributed by atoms with Crippen molar-refractivity contribution in [3.05, 3.63) is 28.8 Å². The lowest BCUT2D eigenvalue weighted by Crippen LogP contribution is -2.51. The SMILES string of the molecule is CC(N)C1CCCCN1C(=O)c1cc(O)ccc1Cl. The molecule has 3 N–H and O–H groups in total. The van der Waals surface area contributed by atoms with Crippen LogP contribution in [0.15, 0.2) is 18.2 Å². The van der Waals surface area contributed by atoms with Crippen molar-refractivity contribution in [2.75, 3.05) is 6.54 Å². The number of phenols is 1. The smallest absolute Gasteiger partial charge is 0.255 e. The Morgan fingerprint density at radius 1 is 1.53 bits per heavy atom. The first-order valence-electron chi connectivity index (χ1n) is 6.56. The van der Waals surface area contributed by atoms with Gasteiger partial charge in [0.2, 0.25) is 0 Å². The second-order valence-corrected chi connectivity index (χ2v) is 5.49. The van der Waals surface area contributed by atoms with Crippen molar-refractivity contribution in [1.82, 2.24) is 4.90 Å². The first-order chi connectivity index (χ1) is 9.00. The molecule has 1 aliphatic rings. The quantitative estimate of drug-likeness (QED) is 0.875. The number of aromatic hydroxyl groups is 1. The molecule has 1 aliphatic heterocycles. The molecular formula is C14H19ClN2O2. The summed E-state index contributed by atoms with van der Waals surface area (Å²) >= 11 is 6.05. The van der Waals surface area contributed by atoms with E-state index in [-0.39, 0.29) is 23.7 Å². The zero-order valence-electron chi connectivity index (χ0n) is 11.0.